The average Bonchev–Trinajstić information content (AvgIpc) is 2.74. The highest BCUT2D eigenvalue weighted by Gasteiger charge is 2.18. The van der Waals surface area contributed by atoms with Crippen LogP contribution >= 0.6 is 23.2 Å². The minimum absolute atomic E-state index is 0.368. The van der Waals surface area contributed by atoms with E-state index in [0.29, 0.717) is 11.8 Å². The fourth-order valence-corrected chi connectivity index (χ4v) is 3.12. The van der Waals surface area contributed by atoms with E-state index in [4.69, 9.17) is 23.2 Å². The molecular formula is C17H22Cl2N2. The van der Waals surface area contributed by atoms with Crippen LogP contribution in [0, 0.1) is 19.8 Å². The van der Waals surface area contributed by atoms with Gasteiger partial charge in [-0.15, -0.1) is 11.6 Å². The smallest absolute Gasteiger partial charge is 0.0847 e. The first-order valence-corrected chi connectivity index (χ1v) is 8.29. The summed E-state index contributed by atoms with van der Waals surface area (Å²) >= 11 is 12.6. The Hall–Kier alpha value is -0.990. The molecule has 0 spiro atoms. The lowest BCUT2D eigenvalue weighted by atomic mass is 9.95. The summed E-state index contributed by atoms with van der Waals surface area (Å²) in [7, 11) is 0. The first-order valence-electron chi connectivity index (χ1n) is 7.38. The quantitative estimate of drug-likeness (QED) is 0.697. The van der Waals surface area contributed by atoms with Crippen molar-refractivity contribution >= 4 is 23.2 Å². The van der Waals surface area contributed by atoms with Crippen LogP contribution in [0.1, 0.15) is 29.4 Å². The molecule has 0 aliphatic carbocycles. The van der Waals surface area contributed by atoms with Gasteiger partial charge in [0.25, 0.3) is 0 Å². The van der Waals surface area contributed by atoms with Gasteiger partial charge in [0.2, 0.25) is 0 Å². The van der Waals surface area contributed by atoms with Gasteiger partial charge in [-0.1, -0.05) is 41.4 Å². The molecule has 0 radical (unpaired) electrons. The lowest BCUT2D eigenvalue weighted by Crippen LogP contribution is -2.14. The summed E-state index contributed by atoms with van der Waals surface area (Å²) in [6.07, 6.45) is 1.83. The zero-order valence-corrected chi connectivity index (χ0v) is 14.4. The molecule has 114 valence electrons. The van der Waals surface area contributed by atoms with Crippen molar-refractivity contribution < 1.29 is 0 Å². The summed E-state index contributed by atoms with van der Waals surface area (Å²) in [5, 5.41) is 5.27. The standard InChI is InChI=1S/C17H22Cl2N2/c1-4-21-16(17(19)13(3)20-21)10-15(11-18)9-14-7-5-6-12(2)8-14/h5-8,15H,4,9-11H2,1-3H3. The molecule has 1 heterocycles. The Morgan fingerprint density at radius 1 is 1.24 bits per heavy atom. The van der Waals surface area contributed by atoms with Crippen LogP contribution in [0.3, 0.4) is 0 Å². The second-order valence-corrected chi connectivity index (χ2v) is 6.27. The number of benzene rings is 1. The second kappa shape index (κ2) is 7.33. The van der Waals surface area contributed by atoms with Crippen LogP contribution in [0.4, 0.5) is 0 Å². The third-order valence-corrected chi connectivity index (χ3v) is 4.69. The molecule has 1 aromatic heterocycles. The van der Waals surface area contributed by atoms with Gasteiger partial charge in [-0.2, -0.15) is 5.10 Å². The van der Waals surface area contributed by atoms with E-state index in [2.05, 4.69) is 43.2 Å². The number of rotatable bonds is 6. The van der Waals surface area contributed by atoms with Crippen molar-refractivity contribution in [3.05, 3.63) is 51.8 Å². The summed E-state index contributed by atoms with van der Waals surface area (Å²) < 4.78 is 1.99. The molecule has 1 aromatic carbocycles. The molecule has 0 aliphatic rings. The lowest BCUT2D eigenvalue weighted by molar-refractivity contribution is 0.531. The number of nitrogens with zero attached hydrogens (tertiary/aromatic N) is 2. The maximum absolute atomic E-state index is 6.40. The number of hydrogen-bond donors (Lipinski definition) is 0. The molecule has 0 fully saturated rings. The van der Waals surface area contributed by atoms with Crippen LogP contribution in [0.5, 0.6) is 0 Å². The highest BCUT2D eigenvalue weighted by molar-refractivity contribution is 6.31. The minimum atomic E-state index is 0.368. The van der Waals surface area contributed by atoms with Crippen molar-refractivity contribution in [3.8, 4) is 0 Å². The second-order valence-electron chi connectivity index (χ2n) is 5.58. The fraction of sp³-hybridized carbons (Fsp3) is 0.471. The Kier molecular flexibility index (Phi) is 5.72. The molecule has 4 heteroatoms. The van der Waals surface area contributed by atoms with E-state index in [0.717, 1.165) is 35.8 Å². The van der Waals surface area contributed by atoms with E-state index in [1.165, 1.54) is 11.1 Å². The lowest BCUT2D eigenvalue weighted by Gasteiger charge is -2.15. The summed E-state index contributed by atoms with van der Waals surface area (Å²) in [6, 6.07) is 8.61. The summed E-state index contributed by atoms with van der Waals surface area (Å²) in [4.78, 5) is 0. The Morgan fingerprint density at radius 3 is 2.62 bits per heavy atom. The molecule has 1 unspecified atom stereocenters. The van der Waals surface area contributed by atoms with Crippen molar-refractivity contribution in [2.45, 2.75) is 40.2 Å². The van der Waals surface area contributed by atoms with Gasteiger partial charge in [0, 0.05) is 12.4 Å². The van der Waals surface area contributed by atoms with Crippen molar-refractivity contribution in [1.29, 1.82) is 0 Å². The van der Waals surface area contributed by atoms with E-state index in [9.17, 15) is 0 Å². The highest BCUT2D eigenvalue weighted by Crippen LogP contribution is 2.25. The van der Waals surface area contributed by atoms with E-state index < -0.39 is 0 Å². The molecule has 0 bridgehead atoms. The minimum Gasteiger partial charge on any atom is -0.268 e. The highest BCUT2D eigenvalue weighted by atomic mass is 35.5. The summed E-state index contributed by atoms with van der Waals surface area (Å²) in [5.74, 6) is 0.991. The predicted molar refractivity (Wildman–Crippen MR) is 90.4 cm³/mol. The zero-order chi connectivity index (χ0) is 15.4. The van der Waals surface area contributed by atoms with Gasteiger partial charge in [-0.25, -0.2) is 0 Å². The van der Waals surface area contributed by atoms with Crippen LogP contribution in [0.15, 0.2) is 24.3 Å². The van der Waals surface area contributed by atoms with Crippen LogP contribution in [0.25, 0.3) is 0 Å². The summed E-state index contributed by atoms with van der Waals surface area (Å²) in [6.45, 7) is 6.99. The summed E-state index contributed by atoms with van der Waals surface area (Å²) in [5.41, 5.74) is 4.62. The number of hydrogen-bond acceptors (Lipinski definition) is 1. The van der Waals surface area contributed by atoms with E-state index in [1.807, 2.05) is 11.6 Å². The molecule has 0 saturated heterocycles. The molecule has 0 amide bonds. The van der Waals surface area contributed by atoms with Crippen molar-refractivity contribution in [2.24, 2.45) is 5.92 Å². The van der Waals surface area contributed by atoms with E-state index >= 15 is 0 Å². The van der Waals surface area contributed by atoms with Crippen LogP contribution < -0.4 is 0 Å². The van der Waals surface area contributed by atoms with Crippen molar-refractivity contribution in [2.75, 3.05) is 5.88 Å². The maximum atomic E-state index is 6.40. The van der Waals surface area contributed by atoms with E-state index in [1.54, 1.807) is 0 Å². The topological polar surface area (TPSA) is 17.8 Å². The number of halogens is 2. The molecule has 1 atom stereocenters. The first-order chi connectivity index (χ1) is 10.0. The van der Waals surface area contributed by atoms with Crippen molar-refractivity contribution in [1.82, 2.24) is 9.78 Å². The largest absolute Gasteiger partial charge is 0.268 e. The Morgan fingerprint density at radius 2 is 2.00 bits per heavy atom. The molecule has 21 heavy (non-hydrogen) atoms. The number of alkyl halides is 1. The van der Waals surface area contributed by atoms with Gasteiger partial charge in [0.15, 0.2) is 0 Å². The van der Waals surface area contributed by atoms with Gasteiger partial charge in [-0.3, -0.25) is 4.68 Å². The molecule has 0 N–H and O–H groups in total. The molecule has 2 rings (SSSR count). The van der Waals surface area contributed by atoms with Crippen LogP contribution in [-0.2, 0) is 19.4 Å². The van der Waals surface area contributed by atoms with Gasteiger partial charge >= 0.3 is 0 Å². The molecule has 0 saturated carbocycles. The molecule has 0 aliphatic heterocycles. The Labute approximate surface area is 137 Å². The van der Waals surface area contributed by atoms with Crippen LogP contribution in [0.2, 0.25) is 5.02 Å². The van der Waals surface area contributed by atoms with Crippen molar-refractivity contribution in [3.63, 3.8) is 0 Å². The Balaban J connectivity index is 2.16. The van der Waals surface area contributed by atoms with Crippen LogP contribution in [-0.4, -0.2) is 15.7 Å². The molecule has 2 aromatic rings. The number of aryl methyl sites for hydroxylation is 3. The Bertz CT molecular complexity index is 605. The molecule has 2 nitrogen and oxygen atoms in total. The predicted octanol–water partition coefficient (Wildman–Crippen LogP) is 4.81. The normalized spacial score (nSPS) is 12.6. The van der Waals surface area contributed by atoms with Gasteiger partial charge in [-0.05, 0) is 45.1 Å². The third kappa shape index (κ3) is 4.02. The average molecular weight is 325 g/mol. The van der Waals surface area contributed by atoms with Gasteiger partial charge in [0.05, 0.1) is 16.4 Å². The zero-order valence-electron chi connectivity index (χ0n) is 12.9. The van der Waals surface area contributed by atoms with E-state index in [-0.39, 0.29) is 0 Å². The molecular weight excluding hydrogens is 303 g/mol. The third-order valence-electron chi connectivity index (χ3n) is 3.76. The fourth-order valence-electron chi connectivity index (χ4n) is 2.69. The maximum Gasteiger partial charge on any atom is 0.0847 e. The first kappa shape index (κ1) is 16.4. The monoisotopic (exact) mass is 324 g/mol. The van der Waals surface area contributed by atoms with Gasteiger partial charge < -0.3 is 0 Å². The number of aromatic nitrogens is 2. The van der Waals surface area contributed by atoms with Gasteiger partial charge in [0.1, 0.15) is 0 Å². The SMILES string of the molecule is CCn1nc(C)c(Cl)c1CC(CCl)Cc1cccc(C)c1.